The molecule has 1 heterocycles. The summed E-state index contributed by atoms with van der Waals surface area (Å²) in [7, 11) is 1.36. The Bertz CT molecular complexity index is 198. The van der Waals surface area contributed by atoms with Crippen LogP contribution in [0.25, 0.3) is 0 Å². The number of carbonyl (C=O) groups is 2. The number of methoxy groups -OCH3 is 1. The summed E-state index contributed by atoms with van der Waals surface area (Å²) in [5.41, 5.74) is 0. The van der Waals surface area contributed by atoms with E-state index >= 15 is 0 Å². The highest BCUT2D eigenvalue weighted by Gasteiger charge is 2.25. The predicted molar refractivity (Wildman–Crippen MR) is 32.0 cm³/mol. The van der Waals surface area contributed by atoms with Crippen molar-refractivity contribution in [3.8, 4) is 0 Å². The van der Waals surface area contributed by atoms with Crippen molar-refractivity contribution in [1.29, 1.82) is 0 Å². The van der Waals surface area contributed by atoms with Crippen LogP contribution in [0.15, 0.2) is 4.99 Å². The van der Waals surface area contributed by atoms with Gasteiger partial charge in [0.15, 0.2) is 0 Å². The van der Waals surface area contributed by atoms with Gasteiger partial charge in [-0.1, -0.05) is 0 Å². The summed E-state index contributed by atoms with van der Waals surface area (Å²) in [5, 5.41) is -0.447. The van der Waals surface area contributed by atoms with Crippen molar-refractivity contribution in [3.63, 3.8) is 0 Å². The minimum atomic E-state index is -0.739. The van der Waals surface area contributed by atoms with Gasteiger partial charge in [-0.2, -0.15) is 4.99 Å². The van der Waals surface area contributed by atoms with E-state index in [-0.39, 0.29) is 5.23 Å². The third kappa shape index (κ3) is 1.10. The summed E-state index contributed by atoms with van der Waals surface area (Å²) in [6.07, 6.45) is 0. The van der Waals surface area contributed by atoms with E-state index in [1.54, 1.807) is 0 Å². The van der Waals surface area contributed by atoms with Gasteiger partial charge in [-0.15, -0.1) is 0 Å². The lowest BCUT2D eigenvalue weighted by atomic mass is 10.7. The fourth-order valence-electron chi connectivity index (χ4n) is 0.362. The maximum absolute atomic E-state index is 10.4. The smallest absolute Gasteiger partial charge is 0.328 e. The number of thioether (sulfide) groups is 1. The first-order valence-corrected chi connectivity index (χ1v) is 2.94. The van der Waals surface area contributed by atoms with E-state index in [2.05, 4.69) is 9.73 Å². The molecule has 0 saturated carbocycles. The summed E-state index contributed by atoms with van der Waals surface area (Å²) >= 11 is 0.713. The van der Waals surface area contributed by atoms with Crippen LogP contribution in [0.5, 0.6) is 0 Å². The van der Waals surface area contributed by atoms with Crippen LogP contribution < -0.4 is 0 Å². The first-order valence-electron chi connectivity index (χ1n) is 2.13. The maximum atomic E-state index is 10.4. The van der Waals surface area contributed by atoms with E-state index in [1.807, 2.05) is 0 Å². The molecule has 48 valence electrons. The van der Waals surface area contributed by atoms with Crippen LogP contribution in [-0.2, 0) is 14.3 Å². The quantitative estimate of drug-likeness (QED) is 0.442. The van der Waals surface area contributed by atoms with Gasteiger partial charge >= 0.3 is 5.91 Å². The Hall–Kier alpha value is -0.840. The molecule has 0 saturated heterocycles. The number of aliphatic imine (C=N–C) groups is 1. The third-order valence-corrected chi connectivity index (χ3v) is 1.51. The van der Waals surface area contributed by atoms with Crippen molar-refractivity contribution in [2.45, 2.75) is 0 Å². The van der Waals surface area contributed by atoms with E-state index < -0.39 is 11.0 Å². The zero-order valence-electron chi connectivity index (χ0n) is 4.58. The van der Waals surface area contributed by atoms with Gasteiger partial charge in [0.05, 0.1) is 7.11 Å². The topological polar surface area (TPSA) is 55.7 Å². The van der Waals surface area contributed by atoms with Crippen LogP contribution in [-0.4, -0.2) is 23.4 Å². The molecule has 0 unspecified atom stereocenters. The van der Waals surface area contributed by atoms with Crippen molar-refractivity contribution < 1.29 is 14.3 Å². The van der Waals surface area contributed by atoms with Crippen molar-refractivity contribution in [2.75, 3.05) is 7.11 Å². The predicted octanol–water partition coefficient (Wildman–Crippen LogP) is -0.211. The minimum Gasteiger partial charge on any atom is -0.476 e. The molecule has 1 aliphatic rings. The number of nitrogens with zero attached hydrogens (tertiary/aromatic N) is 1. The number of rotatable bonds is 0. The van der Waals surface area contributed by atoms with E-state index in [0.717, 1.165) is 0 Å². The molecule has 0 radical (unpaired) electrons. The van der Waals surface area contributed by atoms with Crippen LogP contribution in [0.3, 0.4) is 0 Å². The second-order valence-corrected chi connectivity index (χ2v) is 2.20. The highest BCUT2D eigenvalue weighted by atomic mass is 32.2. The molecule has 0 atom stereocenters. The summed E-state index contributed by atoms with van der Waals surface area (Å²) in [4.78, 5) is 23.9. The lowest BCUT2D eigenvalue weighted by Gasteiger charge is -1.88. The zero-order valence-corrected chi connectivity index (χ0v) is 5.40. The Kier molecular flexibility index (Phi) is 1.52. The first-order chi connectivity index (χ1) is 4.24. The lowest BCUT2D eigenvalue weighted by Crippen LogP contribution is -1.98. The van der Waals surface area contributed by atoms with Gasteiger partial charge < -0.3 is 4.74 Å². The second-order valence-electron chi connectivity index (χ2n) is 1.28. The van der Waals surface area contributed by atoms with E-state index in [9.17, 15) is 9.59 Å². The summed E-state index contributed by atoms with van der Waals surface area (Å²) < 4.78 is 4.52. The molecule has 0 N–H and O–H groups in total. The standard InChI is InChI=1S/C4H3NO3S/c1-8-4-5-2(6)3(7)9-4/h1H3. The molecule has 5 heteroatoms. The lowest BCUT2D eigenvalue weighted by molar-refractivity contribution is -0.130. The normalized spacial score (nSPS) is 18.1. The average molecular weight is 145 g/mol. The first kappa shape index (κ1) is 6.28. The summed E-state index contributed by atoms with van der Waals surface area (Å²) in [6, 6.07) is 0. The molecule has 1 aliphatic heterocycles. The van der Waals surface area contributed by atoms with Gasteiger partial charge in [0.2, 0.25) is 0 Å². The molecule has 4 nitrogen and oxygen atoms in total. The van der Waals surface area contributed by atoms with Crippen LogP contribution >= 0.6 is 11.8 Å². The average Bonchev–Trinajstić information content (AvgIpc) is 2.13. The molecule has 0 bridgehead atoms. The highest BCUT2D eigenvalue weighted by molar-refractivity contribution is 8.28. The monoisotopic (exact) mass is 145 g/mol. The molecule has 0 aromatic rings. The molecule has 1 rings (SSSR count). The number of hydrogen-bond acceptors (Lipinski definition) is 4. The van der Waals surface area contributed by atoms with Crippen LogP contribution in [0.4, 0.5) is 0 Å². The van der Waals surface area contributed by atoms with Gasteiger partial charge in [0, 0.05) is 11.8 Å². The molecule has 0 fully saturated rings. The highest BCUT2D eigenvalue weighted by Crippen LogP contribution is 2.14. The van der Waals surface area contributed by atoms with Gasteiger partial charge in [-0.05, 0) is 0 Å². The summed E-state index contributed by atoms with van der Waals surface area (Å²) in [6.45, 7) is 0. The Morgan fingerprint density at radius 1 is 1.56 bits per heavy atom. The zero-order chi connectivity index (χ0) is 6.85. The van der Waals surface area contributed by atoms with Gasteiger partial charge in [-0.3, -0.25) is 9.59 Å². The maximum Gasteiger partial charge on any atom is 0.328 e. The molecule has 1 amide bonds. The fourth-order valence-corrected chi connectivity index (χ4v) is 0.865. The van der Waals surface area contributed by atoms with E-state index in [0.29, 0.717) is 11.8 Å². The SMILES string of the molecule is COC1=NC(=O)C(=O)S1. The van der Waals surface area contributed by atoms with Crippen molar-refractivity contribution in [3.05, 3.63) is 0 Å². The molecule has 0 aromatic heterocycles. The second kappa shape index (κ2) is 2.18. The Labute approximate surface area is 55.3 Å². The Morgan fingerprint density at radius 3 is 2.44 bits per heavy atom. The molecular formula is C4H3NO3S. The number of carbonyl (C=O) groups excluding carboxylic acids is 2. The number of amides is 1. The minimum absolute atomic E-state index is 0.130. The number of ether oxygens (including phenoxy) is 1. The Balaban J connectivity index is 2.74. The molecule has 0 spiro atoms. The van der Waals surface area contributed by atoms with Crippen LogP contribution in [0.2, 0.25) is 0 Å². The fraction of sp³-hybridized carbons (Fsp3) is 0.250. The van der Waals surface area contributed by atoms with Gasteiger partial charge in [0.1, 0.15) is 0 Å². The van der Waals surface area contributed by atoms with Crippen molar-refractivity contribution >= 4 is 28.0 Å². The number of hydrogen-bond donors (Lipinski definition) is 0. The van der Waals surface area contributed by atoms with Crippen LogP contribution in [0, 0.1) is 0 Å². The molecular weight excluding hydrogens is 142 g/mol. The third-order valence-electron chi connectivity index (χ3n) is 0.722. The molecule has 9 heavy (non-hydrogen) atoms. The van der Waals surface area contributed by atoms with Crippen molar-refractivity contribution in [1.82, 2.24) is 0 Å². The van der Waals surface area contributed by atoms with Crippen LogP contribution in [0.1, 0.15) is 0 Å². The molecule has 0 aliphatic carbocycles. The largest absolute Gasteiger partial charge is 0.476 e. The van der Waals surface area contributed by atoms with E-state index in [4.69, 9.17) is 0 Å². The van der Waals surface area contributed by atoms with Gasteiger partial charge in [0.25, 0.3) is 10.3 Å². The van der Waals surface area contributed by atoms with E-state index in [1.165, 1.54) is 7.11 Å². The van der Waals surface area contributed by atoms with Crippen molar-refractivity contribution in [2.24, 2.45) is 4.99 Å². The summed E-state index contributed by atoms with van der Waals surface area (Å²) in [5.74, 6) is -0.739. The molecule has 0 aromatic carbocycles. The Morgan fingerprint density at radius 2 is 2.22 bits per heavy atom. The van der Waals surface area contributed by atoms with Gasteiger partial charge in [-0.25, -0.2) is 0 Å².